The van der Waals surface area contributed by atoms with Crippen LogP contribution in [-0.4, -0.2) is 22.6 Å². The summed E-state index contributed by atoms with van der Waals surface area (Å²) in [5.74, 6) is -0.528. The molecule has 2 atom stereocenters. The Morgan fingerprint density at radius 3 is 2.42 bits per heavy atom. The lowest BCUT2D eigenvalue weighted by atomic mass is 9.93. The maximum absolute atomic E-state index is 11.9. The summed E-state index contributed by atoms with van der Waals surface area (Å²) in [6, 6.07) is 18.4. The van der Waals surface area contributed by atoms with Gasteiger partial charge in [-0.05, 0) is 23.6 Å². The van der Waals surface area contributed by atoms with Gasteiger partial charge in [-0.3, -0.25) is 4.79 Å². The predicted molar refractivity (Wildman–Crippen MR) is 92.8 cm³/mol. The maximum atomic E-state index is 11.9. The van der Waals surface area contributed by atoms with E-state index in [0.29, 0.717) is 0 Å². The molecule has 0 aliphatic heterocycles. The molecule has 0 radical (unpaired) electrons. The second kappa shape index (κ2) is 7.13. The highest BCUT2D eigenvalue weighted by Crippen LogP contribution is 2.29. The third kappa shape index (κ3) is 3.23. The van der Waals surface area contributed by atoms with E-state index in [4.69, 9.17) is 4.74 Å². The molecule has 0 bridgehead atoms. The smallest absolute Gasteiger partial charge is 0.312 e. The van der Waals surface area contributed by atoms with Crippen LogP contribution in [0.25, 0.3) is 0 Å². The molecule has 0 saturated heterocycles. The van der Waals surface area contributed by atoms with E-state index in [1.165, 1.54) is 12.7 Å². The highest BCUT2D eigenvalue weighted by molar-refractivity contribution is 5.77. The van der Waals surface area contributed by atoms with Crippen LogP contribution in [0.5, 0.6) is 0 Å². The summed E-state index contributed by atoms with van der Waals surface area (Å²) in [6.45, 7) is 1.86. The van der Waals surface area contributed by atoms with Crippen LogP contribution in [0.3, 0.4) is 0 Å². The highest BCUT2D eigenvalue weighted by atomic mass is 16.5. The van der Waals surface area contributed by atoms with Gasteiger partial charge in [0.2, 0.25) is 0 Å². The number of esters is 1. The number of imidazole rings is 1. The van der Waals surface area contributed by atoms with Crippen molar-refractivity contribution < 1.29 is 9.53 Å². The number of aromatic nitrogens is 2. The summed E-state index contributed by atoms with van der Waals surface area (Å²) in [5, 5.41) is 0. The van der Waals surface area contributed by atoms with Gasteiger partial charge in [0.15, 0.2) is 0 Å². The number of ether oxygens (including phenoxy) is 1. The maximum Gasteiger partial charge on any atom is 0.312 e. The molecule has 2 aromatic carbocycles. The fraction of sp³-hybridized carbons (Fsp3) is 0.200. The van der Waals surface area contributed by atoms with E-state index in [9.17, 15) is 4.79 Å². The molecule has 0 saturated carbocycles. The quantitative estimate of drug-likeness (QED) is 0.672. The summed E-state index contributed by atoms with van der Waals surface area (Å²) in [4.78, 5) is 16.0. The van der Waals surface area contributed by atoms with Gasteiger partial charge in [0.25, 0.3) is 0 Å². The van der Waals surface area contributed by atoms with Crippen molar-refractivity contribution in [1.29, 1.82) is 0 Å². The zero-order valence-electron chi connectivity index (χ0n) is 13.8. The van der Waals surface area contributed by atoms with Crippen molar-refractivity contribution in [3.05, 3.63) is 90.0 Å². The van der Waals surface area contributed by atoms with Crippen LogP contribution in [-0.2, 0) is 9.53 Å². The van der Waals surface area contributed by atoms with E-state index in [0.717, 1.165) is 11.1 Å². The predicted octanol–water partition coefficient (Wildman–Crippen LogP) is 3.80. The molecule has 0 amide bonds. The van der Waals surface area contributed by atoms with Gasteiger partial charge in [-0.2, -0.15) is 0 Å². The molecule has 0 fully saturated rings. The van der Waals surface area contributed by atoms with E-state index in [2.05, 4.69) is 33.8 Å². The molecule has 4 heteroatoms. The molecule has 0 spiro atoms. The molecule has 3 rings (SSSR count). The average molecular weight is 320 g/mol. The Labute approximate surface area is 141 Å². The Balaban J connectivity index is 2.05. The molecule has 1 aromatic heterocycles. The lowest BCUT2D eigenvalue weighted by molar-refractivity contribution is -0.141. The summed E-state index contributed by atoms with van der Waals surface area (Å²) in [7, 11) is 1.42. The molecule has 0 unspecified atom stereocenters. The van der Waals surface area contributed by atoms with E-state index in [-0.39, 0.29) is 17.9 Å². The molecule has 122 valence electrons. The van der Waals surface area contributed by atoms with Crippen molar-refractivity contribution in [2.75, 3.05) is 7.11 Å². The van der Waals surface area contributed by atoms with Gasteiger partial charge in [-0.25, -0.2) is 4.98 Å². The topological polar surface area (TPSA) is 44.1 Å². The Bertz CT molecular complexity index is 798. The number of carbonyl (C=O) groups is 1. The molecule has 4 nitrogen and oxygen atoms in total. The van der Waals surface area contributed by atoms with Gasteiger partial charge in [0.05, 0.1) is 25.4 Å². The van der Waals surface area contributed by atoms with Crippen LogP contribution in [0.4, 0.5) is 0 Å². The molecule has 24 heavy (non-hydrogen) atoms. The minimum atomic E-state index is -0.297. The van der Waals surface area contributed by atoms with Crippen molar-refractivity contribution in [2.24, 2.45) is 0 Å². The lowest BCUT2D eigenvalue weighted by Gasteiger charge is -2.21. The Hall–Kier alpha value is -2.88. The first-order valence-electron chi connectivity index (χ1n) is 7.90. The van der Waals surface area contributed by atoms with Gasteiger partial charge in [0, 0.05) is 12.4 Å². The Morgan fingerprint density at radius 2 is 1.75 bits per heavy atom. The second-order valence-electron chi connectivity index (χ2n) is 5.74. The lowest BCUT2D eigenvalue weighted by Crippen LogP contribution is -2.13. The van der Waals surface area contributed by atoms with E-state index >= 15 is 0 Å². The molecular weight excluding hydrogens is 300 g/mol. The van der Waals surface area contributed by atoms with Crippen LogP contribution in [0.1, 0.15) is 35.6 Å². The number of rotatable bonds is 5. The number of benzene rings is 2. The molecule has 3 aromatic rings. The van der Waals surface area contributed by atoms with Crippen LogP contribution in [0.15, 0.2) is 73.3 Å². The van der Waals surface area contributed by atoms with Crippen LogP contribution >= 0.6 is 0 Å². The Morgan fingerprint density at radius 1 is 1.04 bits per heavy atom. The SMILES string of the molecule is COC(=O)[C@@H](C)c1cccc([C@@H](c2ccccc2)n2ccnc2)c1. The average Bonchev–Trinajstić information content (AvgIpc) is 3.16. The van der Waals surface area contributed by atoms with Gasteiger partial charge in [-0.1, -0.05) is 54.6 Å². The van der Waals surface area contributed by atoms with Crippen LogP contribution in [0, 0.1) is 0 Å². The molecule has 1 heterocycles. The normalized spacial score (nSPS) is 13.2. The minimum absolute atomic E-state index is 0.0125. The highest BCUT2D eigenvalue weighted by Gasteiger charge is 2.20. The molecular formula is C20H20N2O2. The summed E-state index contributed by atoms with van der Waals surface area (Å²) in [5.41, 5.74) is 3.21. The third-order valence-electron chi connectivity index (χ3n) is 4.22. The van der Waals surface area contributed by atoms with E-state index in [1.807, 2.05) is 49.8 Å². The monoisotopic (exact) mass is 320 g/mol. The molecule has 0 N–H and O–H groups in total. The summed E-state index contributed by atoms with van der Waals surface area (Å²) < 4.78 is 6.94. The number of nitrogens with zero attached hydrogens (tertiary/aromatic N) is 2. The van der Waals surface area contributed by atoms with Crippen molar-refractivity contribution >= 4 is 5.97 Å². The Kier molecular flexibility index (Phi) is 4.75. The summed E-state index contributed by atoms with van der Waals surface area (Å²) >= 11 is 0. The second-order valence-corrected chi connectivity index (χ2v) is 5.74. The van der Waals surface area contributed by atoms with Gasteiger partial charge in [0.1, 0.15) is 0 Å². The van der Waals surface area contributed by atoms with Crippen molar-refractivity contribution in [3.8, 4) is 0 Å². The first-order valence-corrected chi connectivity index (χ1v) is 7.90. The zero-order valence-corrected chi connectivity index (χ0v) is 13.8. The third-order valence-corrected chi connectivity index (χ3v) is 4.22. The summed E-state index contributed by atoms with van der Waals surface area (Å²) in [6.07, 6.45) is 5.54. The van der Waals surface area contributed by atoms with Crippen molar-refractivity contribution in [3.63, 3.8) is 0 Å². The van der Waals surface area contributed by atoms with E-state index < -0.39 is 0 Å². The standard InChI is InChI=1S/C20H20N2O2/c1-15(20(23)24-2)17-9-6-10-18(13-17)19(22-12-11-21-14-22)16-7-4-3-5-8-16/h3-15,19H,1-2H3/t15-,19+/m0/s1. The zero-order chi connectivity index (χ0) is 16.9. The number of methoxy groups -OCH3 is 1. The van der Waals surface area contributed by atoms with Gasteiger partial charge < -0.3 is 9.30 Å². The van der Waals surface area contributed by atoms with Gasteiger partial charge in [-0.15, -0.1) is 0 Å². The van der Waals surface area contributed by atoms with Crippen molar-refractivity contribution in [2.45, 2.75) is 18.9 Å². The van der Waals surface area contributed by atoms with Crippen LogP contribution < -0.4 is 0 Å². The first kappa shape index (κ1) is 16.0. The molecule has 0 aliphatic carbocycles. The largest absolute Gasteiger partial charge is 0.469 e. The first-order chi connectivity index (χ1) is 11.7. The molecule has 0 aliphatic rings. The minimum Gasteiger partial charge on any atom is -0.469 e. The number of hydrogen-bond donors (Lipinski definition) is 0. The fourth-order valence-corrected chi connectivity index (χ4v) is 2.91. The van der Waals surface area contributed by atoms with Crippen LogP contribution in [0.2, 0.25) is 0 Å². The number of carbonyl (C=O) groups excluding carboxylic acids is 1. The van der Waals surface area contributed by atoms with E-state index in [1.54, 1.807) is 6.20 Å². The van der Waals surface area contributed by atoms with Gasteiger partial charge >= 0.3 is 5.97 Å². The number of hydrogen-bond acceptors (Lipinski definition) is 3. The van der Waals surface area contributed by atoms with Crippen molar-refractivity contribution in [1.82, 2.24) is 9.55 Å². The fourth-order valence-electron chi connectivity index (χ4n) is 2.91.